The zero-order valence-corrected chi connectivity index (χ0v) is 13.5. The predicted molar refractivity (Wildman–Crippen MR) is 82.6 cm³/mol. The summed E-state index contributed by atoms with van der Waals surface area (Å²) in [6.45, 7) is 3.72. The van der Waals surface area contributed by atoms with Gasteiger partial charge in [0.15, 0.2) is 0 Å². The molecule has 21 heavy (non-hydrogen) atoms. The van der Waals surface area contributed by atoms with E-state index in [0.29, 0.717) is 19.8 Å². The van der Waals surface area contributed by atoms with Gasteiger partial charge in [-0.25, -0.2) is 0 Å². The fourth-order valence-corrected chi connectivity index (χ4v) is 2.11. The predicted octanol–water partition coefficient (Wildman–Crippen LogP) is -1.33. The maximum absolute atomic E-state index is 9.87. The zero-order chi connectivity index (χ0) is 15.5. The highest BCUT2D eigenvalue weighted by atomic mass is 16.5. The van der Waals surface area contributed by atoms with E-state index in [2.05, 4.69) is 19.4 Å². The lowest BCUT2D eigenvalue weighted by atomic mass is 10.2. The van der Waals surface area contributed by atoms with Crippen LogP contribution in [-0.4, -0.2) is 58.7 Å². The van der Waals surface area contributed by atoms with Crippen molar-refractivity contribution < 1.29 is 24.8 Å². The Balaban J connectivity index is 2.11. The number of hydrogen-bond acceptors (Lipinski definition) is 3. The molecular weight excluding hydrogens is 268 g/mol. The van der Waals surface area contributed by atoms with Gasteiger partial charge in [-0.3, -0.25) is 0 Å². The second kappa shape index (κ2) is 10.6. The average Bonchev–Trinajstić information content (AvgIpc) is 2.47. The molecule has 0 bridgehead atoms. The molecule has 0 aliphatic heterocycles. The smallest absolute Gasteiger partial charge is 0.126 e. The van der Waals surface area contributed by atoms with Crippen molar-refractivity contribution in [1.29, 1.82) is 0 Å². The number of nitrogens with one attached hydrogen (secondary N) is 1. The first-order valence-corrected chi connectivity index (χ1v) is 7.62. The van der Waals surface area contributed by atoms with Gasteiger partial charge in [0, 0.05) is 12.0 Å². The van der Waals surface area contributed by atoms with Crippen LogP contribution in [-0.2, 0) is 11.3 Å². The molecule has 0 heterocycles. The van der Waals surface area contributed by atoms with Gasteiger partial charge in [0.2, 0.25) is 0 Å². The average molecular weight is 298 g/mol. The van der Waals surface area contributed by atoms with E-state index in [1.165, 1.54) is 4.90 Å². The molecule has 5 nitrogen and oxygen atoms in total. The van der Waals surface area contributed by atoms with E-state index in [-0.39, 0.29) is 0 Å². The van der Waals surface area contributed by atoms with E-state index < -0.39 is 6.10 Å². The maximum Gasteiger partial charge on any atom is 0.126 e. The summed E-state index contributed by atoms with van der Waals surface area (Å²) in [7, 11) is 5.96. The number of benzene rings is 1. The Morgan fingerprint density at radius 1 is 1.29 bits per heavy atom. The van der Waals surface area contributed by atoms with E-state index in [9.17, 15) is 5.11 Å². The molecule has 1 aromatic rings. The number of aliphatic hydroxyl groups is 1. The topological polar surface area (TPSA) is 59.7 Å². The third kappa shape index (κ3) is 8.02. The summed E-state index contributed by atoms with van der Waals surface area (Å²) in [4.78, 5) is 1.46. The standard InChI is InChI=1S/C16H28N2O3/c1-18(2)10-6-9-17-11-15(19)13-21-12-14-7-4-5-8-16(14)20-3/h4-5,7-8,15,17,19H,6,9-13H2,1-3H3/p+2/t15-/m1/s1. The van der Waals surface area contributed by atoms with Crippen molar-refractivity contribution in [3.63, 3.8) is 0 Å². The van der Waals surface area contributed by atoms with Crippen LogP contribution in [0.15, 0.2) is 24.3 Å². The summed E-state index contributed by atoms with van der Waals surface area (Å²) < 4.78 is 10.8. The van der Waals surface area contributed by atoms with Crippen molar-refractivity contribution in [3.05, 3.63) is 29.8 Å². The van der Waals surface area contributed by atoms with Gasteiger partial charge in [-0.1, -0.05) is 18.2 Å². The van der Waals surface area contributed by atoms with Crippen LogP contribution < -0.4 is 15.0 Å². The molecule has 5 heteroatoms. The molecule has 0 aliphatic carbocycles. The molecule has 0 saturated carbocycles. The lowest BCUT2D eigenvalue weighted by molar-refractivity contribution is -0.860. The highest BCUT2D eigenvalue weighted by Crippen LogP contribution is 2.17. The van der Waals surface area contributed by atoms with Crippen molar-refractivity contribution in [2.75, 3.05) is 47.4 Å². The van der Waals surface area contributed by atoms with E-state index in [0.717, 1.165) is 30.8 Å². The number of quaternary nitrogens is 2. The van der Waals surface area contributed by atoms with E-state index in [4.69, 9.17) is 9.47 Å². The summed E-state index contributed by atoms with van der Waals surface area (Å²) in [6.07, 6.45) is 0.739. The van der Waals surface area contributed by atoms with E-state index in [1.54, 1.807) is 7.11 Å². The Morgan fingerprint density at radius 3 is 2.76 bits per heavy atom. The first-order chi connectivity index (χ1) is 10.1. The maximum atomic E-state index is 9.87. The van der Waals surface area contributed by atoms with Gasteiger partial charge in [0.05, 0.1) is 47.5 Å². The lowest BCUT2D eigenvalue weighted by Crippen LogP contribution is -3.06. The van der Waals surface area contributed by atoms with Crippen LogP contribution in [0.2, 0.25) is 0 Å². The molecule has 4 N–H and O–H groups in total. The van der Waals surface area contributed by atoms with Crippen molar-refractivity contribution >= 4 is 0 Å². The largest absolute Gasteiger partial charge is 0.496 e. The molecule has 1 aromatic carbocycles. The van der Waals surface area contributed by atoms with Crippen LogP contribution >= 0.6 is 0 Å². The van der Waals surface area contributed by atoms with Crippen molar-refractivity contribution in [2.45, 2.75) is 19.1 Å². The van der Waals surface area contributed by atoms with Crippen LogP contribution in [0.5, 0.6) is 5.75 Å². The molecule has 1 rings (SSSR count). The third-order valence-corrected chi connectivity index (χ3v) is 3.28. The normalized spacial score (nSPS) is 12.6. The number of hydrogen-bond donors (Lipinski definition) is 3. The van der Waals surface area contributed by atoms with Gasteiger partial charge >= 0.3 is 0 Å². The SMILES string of the molecule is COc1ccccc1COC[C@H](O)C[NH2+]CCC[NH+](C)C. The van der Waals surface area contributed by atoms with Crippen molar-refractivity contribution in [2.24, 2.45) is 0 Å². The molecule has 0 unspecified atom stereocenters. The zero-order valence-electron chi connectivity index (χ0n) is 13.5. The molecule has 0 aromatic heterocycles. The molecule has 120 valence electrons. The van der Waals surface area contributed by atoms with Crippen molar-refractivity contribution in [3.8, 4) is 5.75 Å². The van der Waals surface area contributed by atoms with Gasteiger partial charge in [0.1, 0.15) is 18.4 Å². The fraction of sp³-hybridized carbons (Fsp3) is 0.625. The van der Waals surface area contributed by atoms with Gasteiger partial charge in [-0.05, 0) is 6.07 Å². The third-order valence-electron chi connectivity index (χ3n) is 3.28. The molecule has 0 aliphatic rings. The fourth-order valence-electron chi connectivity index (χ4n) is 2.11. The number of rotatable bonds is 11. The summed E-state index contributed by atoms with van der Waals surface area (Å²) in [6, 6.07) is 7.77. The molecule has 1 atom stereocenters. The minimum absolute atomic E-state index is 0.355. The Kier molecular flexibility index (Phi) is 9.01. The number of aliphatic hydroxyl groups excluding tert-OH is 1. The first kappa shape index (κ1) is 17.9. The molecule has 0 saturated heterocycles. The summed E-state index contributed by atoms with van der Waals surface area (Å²) in [5.41, 5.74) is 1.00. The second-order valence-corrected chi connectivity index (χ2v) is 5.60. The number of ether oxygens (including phenoxy) is 2. The molecule has 0 fully saturated rings. The lowest BCUT2D eigenvalue weighted by Gasteiger charge is -2.12. The Bertz CT molecular complexity index is 386. The minimum atomic E-state index is -0.425. The second-order valence-electron chi connectivity index (χ2n) is 5.60. The molecule has 0 amide bonds. The minimum Gasteiger partial charge on any atom is -0.496 e. The number of nitrogens with two attached hydrogens (primary N) is 1. The van der Waals surface area contributed by atoms with Gasteiger partial charge in [-0.2, -0.15) is 0 Å². The summed E-state index contributed by atoms with van der Waals surface area (Å²) in [5.74, 6) is 0.824. The van der Waals surface area contributed by atoms with E-state index >= 15 is 0 Å². The van der Waals surface area contributed by atoms with Gasteiger partial charge < -0.3 is 24.8 Å². The quantitative estimate of drug-likeness (QED) is 0.444. The van der Waals surface area contributed by atoms with Crippen LogP contribution in [0.4, 0.5) is 0 Å². The van der Waals surface area contributed by atoms with E-state index in [1.807, 2.05) is 24.3 Å². The number of methoxy groups -OCH3 is 1. The first-order valence-electron chi connectivity index (χ1n) is 7.62. The van der Waals surface area contributed by atoms with Crippen LogP contribution in [0, 0.1) is 0 Å². The van der Waals surface area contributed by atoms with Crippen LogP contribution in [0.1, 0.15) is 12.0 Å². The molecule has 0 radical (unpaired) electrons. The highest BCUT2D eigenvalue weighted by molar-refractivity contribution is 5.32. The summed E-state index contributed by atoms with van der Waals surface area (Å²) >= 11 is 0. The van der Waals surface area contributed by atoms with Gasteiger partial charge in [-0.15, -0.1) is 0 Å². The monoisotopic (exact) mass is 298 g/mol. The highest BCUT2D eigenvalue weighted by Gasteiger charge is 2.08. The van der Waals surface area contributed by atoms with Crippen LogP contribution in [0.25, 0.3) is 0 Å². The Hall–Kier alpha value is -1.14. The Morgan fingerprint density at radius 2 is 2.05 bits per heavy atom. The van der Waals surface area contributed by atoms with Crippen LogP contribution in [0.3, 0.4) is 0 Å². The Labute approximate surface area is 127 Å². The van der Waals surface area contributed by atoms with Gasteiger partial charge in [0.25, 0.3) is 0 Å². The van der Waals surface area contributed by atoms with Crippen molar-refractivity contribution in [1.82, 2.24) is 0 Å². The summed E-state index contributed by atoms with van der Waals surface area (Å²) in [5, 5.41) is 12.0. The number of para-hydroxylation sites is 1. The molecular formula is C16H30N2O3+2. The molecule has 0 spiro atoms.